The number of pyridine rings is 1. The lowest BCUT2D eigenvalue weighted by molar-refractivity contribution is -0.189. The van der Waals surface area contributed by atoms with Gasteiger partial charge in [-0.05, 0) is 36.2 Å². The van der Waals surface area contributed by atoms with Crippen molar-refractivity contribution in [2.24, 2.45) is 0 Å². The fourth-order valence-corrected chi connectivity index (χ4v) is 5.50. The van der Waals surface area contributed by atoms with Crippen LogP contribution < -0.4 is 19.3 Å². The van der Waals surface area contributed by atoms with Gasteiger partial charge in [0.15, 0.2) is 11.6 Å². The second-order valence-corrected chi connectivity index (χ2v) is 10.5. The Labute approximate surface area is 245 Å². The molecule has 4 heterocycles. The zero-order chi connectivity index (χ0) is 28.9. The maximum atomic E-state index is 14.7. The molecule has 6 rings (SSSR count). The zero-order valence-corrected chi connectivity index (χ0v) is 24.0. The number of nitrogens with zero attached hydrogens (tertiary/aromatic N) is 5. The third kappa shape index (κ3) is 5.91. The van der Waals surface area contributed by atoms with E-state index in [2.05, 4.69) is 58.2 Å². The van der Waals surface area contributed by atoms with Gasteiger partial charge < -0.3 is 33.3 Å². The molecule has 4 aromatic rings. The van der Waals surface area contributed by atoms with E-state index in [0.717, 1.165) is 36.5 Å². The first-order valence-corrected chi connectivity index (χ1v) is 14.3. The van der Waals surface area contributed by atoms with E-state index in [0.29, 0.717) is 38.7 Å². The number of hydrogen-bond acceptors (Lipinski definition) is 8. The van der Waals surface area contributed by atoms with Crippen LogP contribution in [0, 0.1) is 5.82 Å². The summed E-state index contributed by atoms with van der Waals surface area (Å²) in [7, 11) is 1.46. The summed E-state index contributed by atoms with van der Waals surface area (Å²) in [5, 5.41) is 0. The topological polar surface area (TPSA) is 74.1 Å². The molecule has 10 heteroatoms. The normalized spacial score (nSPS) is 20.6. The summed E-state index contributed by atoms with van der Waals surface area (Å²) in [4.78, 5) is 12.7. The molecule has 2 atom stereocenters. The van der Waals surface area contributed by atoms with Gasteiger partial charge in [0.05, 0.1) is 26.6 Å². The third-order valence-electron chi connectivity index (χ3n) is 7.88. The van der Waals surface area contributed by atoms with Crippen molar-refractivity contribution in [1.82, 2.24) is 14.5 Å². The Kier molecular flexibility index (Phi) is 8.25. The predicted octanol–water partition coefficient (Wildman–Crippen LogP) is 4.66. The first-order valence-electron chi connectivity index (χ1n) is 14.3. The second-order valence-electron chi connectivity index (χ2n) is 10.5. The van der Waals surface area contributed by atoms with Gasteiger partial charge in [-0.1, -0.05) is 31.2 Å². The Hall–Kier alpha value is -4.15. The summed E-state index contributed by atoms with van der Waals surface area (Å²) in [5.41, 5.74) is 3.34. The Morgan fingerprint density at radius 1 is 0.976 bits per heavy atom. The van der Waals surface area contributed by atoms with Crippen molar-refractivity contribution in [3.63, 3.8) is 0 Å². The van der Waals surface area contributed by atoms with Gasteiger partial charge in [0.2, 0.25) is 11.6 Å². The number of aromatic nitrogens is 3. The number of methoxy groups -OCH3 is 1. The van der Waals surface area contributed by atoms with Crippen LogP contribution in [0.25, 0.3) is 0 Å². The summed E-state index contributed by atoms with van der Waals surface area (Å²) in [6.45, 7) is 6.27. The van der Waals surface area contributed by atoms with Gasteiger partial charge >= 0.3 is 0 Å². The summed E-state index contributed by atoms with van der Waals surface area (Å²) < 4.78 is 40.8. The molecule has 2 aromatic carbocycles. The van der Waals surface area contributed by atoms with Crippen LogP contribution in [0.1, 0.15) is 18.1 Å². The number of piperazine rings is 1. The third-order valence-corrected chi connectivity index (χ3v) is 7.88. The molecule has 0 saturated carbocycles. The van der Waals surface area contributed by atoms with Gasteiger partial charge in [-0.2, -0.15) is 4.39 Å². The van der Waals surface area contributed by atoms with Crippen molar-refractivity contribution in [3.05, 3.63) is 96.5 Å². The van der Waals surface area contributed by atoms with Crippen LogP contribution in [0.5, 0.6) is 11.5 Å². The molecule has 9 nitrogen and oxygen atoms in total. The van der Waals surface area contributed by atoms with Crippen molar-refractivity contribution < 1.29 is 23.3 Å². The number of anilines is 2. The van der Waals surface area contributed by atoms with Crippen molar-refractivity contribution in [1.29, 1.82) is 0 Å². The van der Waals surface area contributed by atoms with Crippen LogP contribution in [0.3, 0.4) is 0 Å². The number of hydrogen-bond donors (Lipinski definition) is 0. The van der Waals surface area contributed by atoms with Crippen molar-refractivity contribution >= 4 is 11.5 Å². The van der Waals surface area contributed by atoms with Crippen LogP contribution >= 0.6 is 0 Å². The van der Waals surface area contributed by atoms with E-state index >= 15 is 0 Å². The van der Waals surface area contributed by atoms with Gasteiger partial charge in [0.25, 0.3) is 0 Å². The Balaban J connectivity index is 1.04. The molecule has 2 aliphatic rings. The van der Waals surface area contributed by atoms with Gasteiger partial charge in [0.1, 0.15) is 18.5 Å². The van der Waals surface area contributed by atoms with E-state index in [1.165, 1.54) is 18.7 Å². The van der Waals surface area contributed by atoms with Crippen LogP contribution in [-0.2, 0) is 28.2 Å². The minimum absolute atomic E-state index is 0.210. The zero-order valence-electron chi connectivity index (χ0n) is 24.0. The molecular formula is C32H36FN5O4. The number of rotatable bonds is 10. The Morgan fingerprint density at radius 2 is 1.74 bits per heavy atom. The van der Waals surface area contributed by atoms with Crippen LogP contribution in [0.15, 0.2) is 79.5 Å². The standard InChI is InChI=1S/C32H36FN5O4/c1-3-24-4-6-25(7-5-24)32(22-36-15-14-34-23-36)41-21-28(42-32)20-40-27-10-8-26(9-11-27)37-16-18-38(19-17-37)31-30(33)29(39-2)12-13-35-31/h4-15,23,28H,3,16-22H2,1-2H3/t28-,32-/m1/s1. The average Bonchev–Trinajstić information content (AvgIpc) is 3.71. The molecule has 2 aromatic heterocycles. The molecule has 2 fully saturated rings. The highest BCUT2D eigenvalue weighted by Gasteiger charge is 2.44. The molecule has 0 amide bonds. The molecule has 0 bridgehead atoms. The lowest BCUT2D eigenvalue weighted by Gasteiger charge is -2.36. The van der Waals surface area contributed by atoms with Crippen LogP contribution in [0.4, 0.5) is 15.9 Å². The highest BCUT2D eigenvalue weighted by molar-refractivity contribution is 5.52. The molecule has 0 spiro atoms. The fourth-order valence-electron chi connectivity index (χ4n) is 5.50. The van der Waals surface area contributed by atoms with Gasteiger partial charge in [-0.15, -0.1) is 0 Å². The van der Waals surface area contributed by atoms with Crippen molar-refractivity contribution in [3.8, 4) is 11.5 Å². The first kappa shape index (κ1) is 28.0. The number of ether oxygens (including phenoxy) is 4. The second kappa shape index (κ2) is 12.4. The molecule has 0 radical (unpaired) electrons. The molecule has 0 N–H and O–H groups in total. The molecule has 2 saturated heterocycles. The average molecular weight is 574 g/mol. The predicted molar refractivity (Wildman–Crippen MR) is 158 cm³/mol. The molecule has 2 aliphatic heterocycles. The van der Waals surface area contributed by atoms with E-state index in [4.69, 9.17) is 18.9 Å². The van der Waals surface area contributed by atoms with Gasteiger partial charge in [-0.25, -0.2) is 9.97 Å². The van der Waals surface area contributed by atoms with Gasteiger partial charge in [0, 0.05) is 62.1 Å². The summed E-state index contributed by atoms with van der Waals surface area (Å²) in [6, 6.07) is 18.0. The molecule has 220 valence electrons. The number of benzene rings is 2. The lowest BCUT2D eigenvalue weighted by Crippen LogP contribution is -2.47. The Morgan fingerprint density at radius 3 is 2.43 bits per heavy atom. The highest BCUT2D eigenvalue weighted by atomic mass is 19.1. The molecule has 0 unspecified atom stereocenters. The van der Waals surface area contributed by atoms with E-state index in [9.17, 15) is 4.39 Å². The molecular weight excluding hydrogens is 537 g/mol. The van der Waals surface area contributed by atoms with Crippen molar-refractivity contribution in [2.45, 2.75) is 31.8 Å². The summed E-state index contributed by atoms with van der Waals surface area (Å²) in [5.74, 6) is -0.0101. The quantitative estimate of drug-likeness (QED) is 0.271. The molecule has 42 heavy (non-hydrogen) atoms. The number of aryl methyl sites for hydroxylation is 1. The van der Waals surface area contributed by atoms with Crippen LogP contribution in [-0.4, -0.2) is 67.1 Å². The largest absolute Gasteiger partial charge is 0.493 e. The summed E-state index contributed by atoms with van der Waals surface area (Å²) >= 11 is 0. The minimum Gasteiger partial charge on any atom is -0.493 e. The van der Waals surface area contributed by atoms with E-state index in [-0.39, 0.29) is 11.9 Å². The SMILES string of the molecule is CCc1ccc([C@]2(Cn3ccnc3)OC[C@@H](COc3ccc(N4CCN(c5nccc(OC)c5F)CC4)cc3)O2)cc1. The van der Waals surface area contributed by atoms with Gasteiger partial charge in [-0.3, -0.25) is 0 Å². The lowest BCUT2D eigenvalue weighted by atomic mass is 10.0. The fraction of sp³-hybridized carbons (Fsp3) is 0.375. The maximum absolute atomic E-state index is 14.7. The van der Waals surface area contributed by atoms with Crippen LogP contribution in [0.2, 0.25) is 0 Å². The molecule has 0 aliphatic carbocycles. The van der Waals surface area contributed by atoms with E-state index in [1.54, 1.807) is 18.7 Å². The monoisotopic (exact) mass is 573 g/mol. The maximum Gasteiger partial charge on any atom is 0.214 e. The first-order chi connectivity index (χ1) is 20.6. The van der Waals surface area contributed by atoms with E-state index in [1.807, 2.05) is 27.8 Å². The van der Waals surface area contributed by atoms with Crippen molar-refractivity contribution in [2.75, 3.05) is 56.3 Å². The highest BCUT2D eigenvalue weighted by Crippen LogP contribution is 2.37. The summed E-state index contributed by atoms with van der Waals surface area (Å²) in [6.07, 6.45) is 7.77. The smallest absolute Gasteiger partial charge is 0.214 e. The number of halogens is 1. The Bertz CT molecular complexity index is 1440. The minimum atomic E-state index is -0.906. The number of imidazole rings is 1. The van der Waals surface area contributed by atoms with E-state index < -0.39 is 11.6 Å².